The van der Waals surface area contributed by atoms with Crippen molar-refractivity contribution in [3.8, 4) is 11.5 Å². The number of rotatable bonds is 3. The number of benzene rings is 1. The van der Waals surface area contributed by atoms with Crippen LogP contribution in [0.3, 0.4) is 0 Å². The molecule has 1 aromatic carbocycles. The second kappa shape index (κ2) is 5.27. The molecular formula is C14H12N2O7. The van der Waals surface area contributed by atoms with Crippen LogP contribution in [0.4, 0.5) is 4.79 Å². The molecule has 2 aliphatic heterocycles. The average Bonchev–Trinajstić information content (AvgIpc) is 2.82. The normalized spacial score (nSPS) is 20.5. The van der Waals surface area contributed by atoms with E-state index in [4.69, 9.17) is 14.2 Å². The molecular weight excluding hydrogens is 308 g/mol. The quantitative estimate of drug-likeness (QED) is 0.589. The van der Waals surface area contributed by atoms with Crippen LogP contribution in [0.2, 0.25) is 0 Å². The Bertz CT molecular complexity index is 723. The lowest BCUT2D eigenvalue weighted by atomic mass is 9.91. The molecule has 0 radical (unpaired) electrons. The van der Waals surface area contributed by atoms with Gasteiger partial charge in [-0.05, 0) is 6.07 Å². The van der Waals surface area contributed by atoms with Gasteiger partial charge in [0.25, 0.3) is 0 Å². The van der Waals surface area contributed by atoms with E-state index in [0.29, 0.717) is 11.3 Å². The van der Waals surface area contributed by atoms with Gasteiger partial charge in [0.1, 0.15) is 11.7 Å². The molecule has 4 amide bonds. The number of methoxy groups -OCH3 is 2. The largest absolute Gasteiger partial charge is 0.493 e. The van der Waals surface area contributed by atoms with E-state index in [1.165, 1.54) is 26.4 Å². The number of amides is 4. The maximum atomic E-state index is 12.2. The molecule has 0 aromatic heterocycles. The van der Waals surface area contributed by atoms with Crippen LogP contribution >= 0.6 is 0 Å². The Balaban J connectivity index is 2.07. The van der Waals surface area contributed by atoms with Gasteiger partial charge >= 0.3 is 12.0 Å². The summed E-state index contributed by atoms with van der Waals surface area (Å²) in [7, 11) is 2.77. The number of urea groups is 1. The molecule has 0 spiro atoms. The van der Waals surface area contributed by atoms with Crippen molar-refractivity contribution < 1.29 is 33.4 Å². The van der Waals surface area contributed by atoms with E-state index < -0.39 is 35.8 Å². The monoisotopic (exact) mass is 320 g/mol. The van der Waals surface area contributed by atoms with Gasteiger partial charge in [-0.3, -0.25) is 20.2 Å². The number of hydrogen-bond donors (Lipinski definition) is 2. The van der Waals surface area contributed by atoms with Gasteiger partial charge in [0.05, 0.1) is 14.2 Å². The van der Waals surface area contributed by atoms with Crippen LogP contribution in [0.25, 0.3) is 0 Å². The topological polar surface area (TPSA) is 120 Å². The minimum Gasteiger partial charge on any atom is -0.493 e. The Morgan fingerprint density at radius 1 is 1.00 bits per heavy atom. The zero-order chi connectivity index (χ0) is 16.7. The highest BCUT2D eigenvalue weighted by atomic mass is 16.6. The van der Waals surface area contributed by atoms with Gasteiger partial charge < -0.3 is 14.2 Å². The molecule has 2 heterocycles. The third kappa shape index (κ3) is 2.17. The molecule has 0 saturated carbocycles. The van der Waals surface area contributed by atoms with Crippen LogP contribution in [0.5, 0.6) is 11.5 Å². The second-order valence-electron chi connectivity index (χ2n) is 4.88. The fourth-order valence-electron chi connectivity index (χ4n) is 2.68. The minimum absolute atomic E-state index is 0.0920. The van der Waals surface area contributed by atoms with E-state index in [2.05, 4.69) is 0 Å². The number of carbonyl (C=O) groups is 4. The summed E-state index contributed by atoms with van der Waals surface area (Å²) >= 11 is 0. The maximum absolute atomic E-state index is 12.2. The van der Waals surface area contributed by atoms with Crippen molar-refractivity contribution in [1.29, 1.82) is 0 Å². The minimum atomic E-state index is -1.36. The number of carbonyl (C=O) groups excluding carboxylic acids is 4. The average molecular weight is 320 g/mol. The lowest BCUT2D eigenvalue weighted by Gasteiger charge is -2.24. The van der Waals surface area contributed by atoms with Gasteiger partial charge in [0, 0.05) is 5.56 Å². The molecule has 9 nitrogen and oxygen atoms in total. The molecule has 2 aliphatic rings. The number of imide groups is 2. The lowest BCUT2D eigenvalue weighted by molar-refractivity contribution is -0.140. The number of barbiturate groups is 1. The molecule has 9 heteroatoms. The van der Waals surface area contributed by atoms with Crippen molar-refractivity contribution in [3.63, 3.8) is 0 Å². The summed E-state index contributed by atoms with van der Waals surface area (Å²) in [5.41, 5.74) is 0.409. The molecule has 0 aliphatic carbocycles. The summed E-state index contributed by atoms with van der Waals surface area (Å²) in [6.45, 7) is 0. The molecule has 1 aromatic rings. The molecule has 2 N–H and O–H groups in total. The predicted molar refractivity (Wildman–Crippen MR) is 72.9 cm³/mol. The first-order chi connectivity index (χ1) is 11.0. The number of hydrogen-bond acceptors (Lipinski definition) is 7. The second-order valence-corrected chi connectivity index (χ2v) is 4.88. The van der Waals surface area contributed by atoms with E-state index in [0.717, 1.165) is 0 Å². The molecule has 120 valence electrons. The Morgan fingerprint density at radius 3 is 2.22 bits per heavy atom. The smallest absolute Gasteiger partial charge is 0.343 e. The van der Waals surface area contributed by atoms with Crippen molar-refractivity contribution in [1.82, 2.24) is 10.6 Å². The van der Waals surface area contributed by atoms with Gasteiger partial charge in [0.2, 0.25) is 11.8 Å². The van der Waals surface area contributed by atoms with Crippen molar-refractivity contribution in [2.45, 2.75) is 6.10 Å². The Kier molecular flexibility index (Phi) is 3.40. The van der Waals surface area contributed by atoms with Crippen LogP contribution in [0, 0.1) is 5.92 Å². The number of nitrogens with one attached hydrogen (secondary N) is 2. The zero-order valence-corrected chi connectivity index (χ0v) is 12.2. The fraction of sp³-hybridized carbons (Fsp3) is 0.286. The van der Waals surface area contributed by atoms with Gasteiger partial charge in [0.15, 0.2) is 17.4 Å². The standard InChI is InChI=1S/C14H12N2O7/c1-21-6-4-3-5-7(10(6)22-2)13(19)23-9(5)8-11(17)15-14(20)16-12(8)18/h3-4,8-9H,1-2H3,(H2,15,16,17,18,20). The molecule has 0 bridgehead atoms. The first-order valence-corrected chi connectivity index (χ1v) is 6.59. The van der Waals surface area contributed by atoms with Crippen LogP contribution < -0.4 is 20.1 Å². The summed E-state index contributed by atoms with van der Waals surface area (Å²) in [5.74, 6) is -3.30. The van der Waals surface area contributed by atoms with Crippen LogP contribution in [0.15, 0.2) is 12.1 Å². The van der Waals surface area contributed by atoms with E-state index in [1.54, 1.807) is 0 Å². The SMILES string of the molecule is COc1ccc2c(c1OC)C(=O)OC2C1C(=O)NC(=O)NC1=O. The third-order valence-corrected chi connectivity index (χ3v) is 3.66. The number of cyclic esters (lactones) is 1. The summed E-state index contributed by atoms with van der Waals surface area (Å²) < 4.78 is 15.5. The number of ether oxygens (including phenoxy) is 3. The van der Waals surface area contributed by atoms with E-state index in [-0.39, 0.29) is 11.3 Å². The highest BCUT2D eigenvalue weighted by Crippen LogP contribution is 2.44. The molecule has 1 unspecified atom stereocenters. The van der Waals surface area contributed by atoms with Crippen LogP contribution in [0.1, 0.15) is 22.0 Å². The van der Waals surface area contributed by atoms with Gasteiger partial charge in [-0.2, -0.15) is 0 Å². The van der Waals surface area contributed by atoms with Crippen LogP contribution in [-0.4, -0.2) is 38.0 Å². The maximum Gasteiger partial charge on any atom is 0.343 e. The molecule has 1 atom stereocenters. The highest BCUT2D eigenvalue weighted by Gasteiger charge is 2.48. The Morgan fingerprint density at radius 2 is 1.65 bits per heavy atom. The van der Waals surface area contributed by atoms with E-state index >= 15 is 0 Å². The van der Waals surface area contributed by atoms with Crippen molar-refractivity contribution in [2.75, 3.05) is 14.2 Å². The van der Waals surface area contributed by atoms with Crippen molar-refractivity contribution >= 4 is 23.8 Å². The van der Waals surface area contributed by atoms with E-state index in [9.17, 15) is 19.2 Å². The lowest BCUT2D eigenvalue weighted by Crippen LogP contribution is -2.57. The van der Waals surface area contributed by atoms with Crippen molar-refractivity contribution in [3.05, 3.63) is 23.3 Å². The van der Waals surface area contributed by atoms with Gasteiger partial charge in [-0.25, -0.2) is 9.59 Å². The third-order valence-electron chi connectivity index (χ3n) is 3.66. The molecule has 1 saturated heterocycles. The first kappa shape index (κ1) is 14.8. The molecule has 1 fully saturated rings. The Labute approximate surface area is 129 Å². The summed E-state index contributed by atoms with van der Waals surface area (Å²) in [6, 6.07) is 2.15. The zero-order valence-electron chi connectivity index (χ0n) is 12.2. The van der Waals surface area contributed by atoms with Gasteiger partial charge in [-0.15, -0.1) is 0 Å². The fourth-order valence-corrected chi connectivity index (χ4v) is 2.68. The predicted octanol–water partition coefficient (Wildman–Crippen LogP) is -0.102. The molecule has 23 heavy (non-hydrogen) atoms. The highest BCUT2D eigenvalue weighted by molar-refractivity contribution is 6.17. The Hall–Kier alpha value is -3.10. The van der Waals surface area contributed by atoms with Crippen LogP contribution in [-0.2, 0) is 14.3 Å². The summed E-state index contributed by atoms with van der Waals surface area (Å²) in [6.07, 6.45) is -1.15. The number of fused-ring (bicyclic) bond motifs is 1. The molecule has 3 rings (SSSR count). The van der Waals surface area contributed by atoms with Crippen molar-refractivity contribution in [2.24, 2.45) is 5.92 Å². The van der Waals surface area contributed by atoms with E-state index in [1.807, 2.05) is 10.6 Å². The van der Waals surface area contributed by atoms with Gasteiger partial charge in [-0.1, -0.05) is 6.07 Å². The first-order valence-electron chi connectivity index (χ1n) is 6.59. The summed E-state index contributed by atoms with van der Waals surface area (Å²) in [4.78, 5) is 47.2. The number of esters is 1. The summed E-state index contributed by atoms with van der Waals surface area (Å²) in [5, 5.41) is 3.95.